The van der Waals surface area contributed by atoms with E-state index in [0.29, 0.717) is 0 Å². The summed E-state index contributed by atoms with van der Waals surface area (Å²) in [4.78, 5) is 47.8. The first-order chi connectivity index (χ1) is 15.2. The molecule has 1 unspecified atom stereocenters. The number of esters is 1. The van der Waals surface area contributed by atoms with E-state index in [9.17, 15) is 23.6 Å². The molecule has 0 aromatic heterocycles. The molecular formula is C23H25FN2O6. The number of nitrogens with one attached hydrogen (secondary N) is 2. The van der Waals surface area contributed by atoms with Crippen LogP contribution in [0.25, 0.3) is 0 Å². The number of rotatable bonds is 9. The Hall–Kier alpha value is -3.75. The molecule has 2 rings (SSSR count). The summed E-state index contributed by atoms with van der Waals surface area (Å²) in [6, 6.07) is 11.5. The molecule has 0 saturated carbocycles. The molecule has 0 aliphatic carbocycles. The van der Waals surface area contributed by atoms with E-state index in [-0.39, 0.29) is 29.7 Å². The Labute approximate surface area is 185 Å². The molecule has 1 atom stereocenters. The number of anilines is 1. The molecular weight excluding hydrogens is 419 g/mol. The van der Waals surface area contributed by atoms with Crippen molar-refractivity contribution < 1.29 is 33.0 Å². The number of carbonyl (C=O) groups is 4. The van der Waals surface area contributed by atoms with Crippen molar-refractivity contribution in [3.8, 4) is 0 Å². The number of alkyl carbamates (subject to hydrolysis) is 1. The standard InChI is InChI=1S/C23H25FN2O6/c1-14(2)21(26-23(30)32-12-16-7-5-4-6-8-16)22(29)31-13-20(28)18-10-9-17(11-19(18)24)25-15(3)27/h4-11,14,21H,12-13H2,1-3H3,(H,25,27)(H,26,30). The zero-order valence-corrected chi connectivity index (χ0v) is 18.0. The number of carbonyl (C=O) groups excluding carboxylic acids is 4. The normalized spacial score (nSPS) is 11.4. The summed E-state index contributed by atoms with van der Waals surface area (Å²) in [7, 11) is 0. The van der Waals surface area contributed by atoms with Crippen LogP contribution in [0.1, 0.15) is 36.7 Å². The van der Waals surface area contributed by atoms with Crippen molar-refractivity contribution in [2.24, 2.45) is 5.92 Å². The van der Waals surface area contributed by atoms with Crippen molar-refractivity contribution in [3.63, 3.8) is 0 Å². The largest absolute Gasteiger partial charge is 0.456 e. The Morgan fingerprint density at radius 1 is 1.00 bits per heavy atom. The minimum absolute atomic E-state index is 0.0266. The lowest BCUT2D eigenvalue weighted by Gasteiger charge is -2.20. The van der Waals surface area contributed by atoms with E-state index in [1.165, 1.54) is 19.1 Å². The SMILES string of the molecule is CC(=O)Nc1ccc(C(=O)COC(=O)C(NC(=O)OCc2ccccc2)C(C)C)c(F)c1. The lowest BCUT2D eigenvalue weighted by molar-refractivity contribution is -0.146. The predicted octanol–water partition coefficient (Wildman–Crippen LogP) is 3.46. The lowest BCUT2D eigenvalue weighted by Crippen LogP contribution is -2.45. The molecule has 0 fully saturated rings. The first-order valence-corrected chi connectivity index (χ1v) is 9.91. The molecule has 0 aliphatic rings. The van der Waals surface area contributed by atoms with Crippen molar-refractivity contribution in [3.05, 3.63) is 65.5 Å². The van der Waals surface area contributed by atoms with Crippen LogP contribution in [0, 0.1) is 11.7 Å². The van der Waals surface area contributed by atoms with E-state index in [1.807, 2.05) is 6.07 Å². The highest BCUT2D eigenvalue weighted by Gasteiger charge is 2.27. The predicted molar refractivity (Wildman–Crippen MR) is 114 cm³/mol. The molecule has 0 heterocycles. The second kappa shape index (κ2) is 11.6. The van der Waals surface area contributed by atoms with Gasteiger partial charge in [-0.3, -0.25) is 9.59 Å². The maximum Gasteiger partial charge on any atom is 0.408 e. The van der Waals surface area contributed by atoms with Crippen LogP contribution in [0.2, 0.25) is 0 Å². The van der Waals surface area contributed by atoms with Gasteiger partial charge in [0.1, 0.15) is 18.5 Å². The smallest absolute Gasteiger partial charge is 0.408 e. The van der Waals surface area contributed by atoms with Crippen LogP contribution in [0.15, 0.2) is 48.5 Å². The van der Waals surface area contributed by atoms with Gasteiger partial charge in [0.15, 0.2) is 6.61 Å². The van der Waals surface area contributed by atoms with Crippen molar-refractivity contribution in [1.29, 1.82) is 0 Å². The highest BCUT2D eigenvalue weighted by molar-refractivity contribution is 5.99. The van der Waals surface area contributed by atoms with Crippen LogP contribution in [0.3, 0.4) is 0 Å². The quantitative estimate of drug-likeness (QED) is 0.453. The molecule has 0 saturated heterocycles. The summed E-state index contributed by atoms with van der Waals surface area (Å²) in [6.45, 7) is 3.96. The van der Waals surface area contributed by atoms with Gasteiger partial charge in [0.25, 0.3) is 0 Å². The third kappa shape index (κ3) is 7.50. The summed E-state index contributed by atoms with van der Waals surface area (Å²) in [5.41, 5.74) is 0.688. The van der Waals surface area contributed by atoms with Crippen LogP contribution in [0.4, 0.5) is 14.9 Å². The van der Waals surface area contributed by atoms with E-state index in [0.717, 1.165) is 11.6 Å². The fraction of sp³-hybridized carbons (Fsp3) is 0.304. The van der Waals surface area contributed by atoms with E-state index in [4.69, 9.17) is 9.47 Å². The van der Waals surface area contributed by atoms with E-state index in [2.05, 4.69) is 10.6 Å². The van der Waals surface area contributed by atoms with Crippen LogP contribution in [0.5, 0.6) is 0 Å². The topological polar surface area (TPSA) is 111 Å². The maximum absolute atomic E-state index is 14.2. The average molecular weight is 444 g/mol. The highest BCUT2D eigenvalue weighted by Crippen LogP contribution is 2.16. The van der Waals surface area contributed by atoms with Gasteiger partial charge in [-0.2, -0.15) is 0 Å². The van der Waals surface area contributed by atoms with Crippen LogP contribution >= 0.6 is 0 Å². The third-order valence-corrected chi connectivity index (χ3v) is 4.34. The van der Waals surface area contributed by atoms with E-state index in [1.54, 1.807) is 38.1 Å². The summed E-state index contributed by atoms with van der Waals surface area (Å²) >= 11 is 0. The number of Topliss-reactive ketones (excluding diaryl/α,β-unsaturated/α-hetero) is 1. The van der Waals surface area contributed by atoms with Gasteiger partial charge in [0.2, 0.25) is 11.7 Å². The van der Waals surface area contributed by atoms with Crippen LogP contribution in [-0.4, -0.2) is 36.4 Å². The molecule has 0 aliphatic heterocycles. The molecule has 0 spiro atoms. The van der Waals surface area contributed by atoms with Crippen molar-refractivity contribution in [2.45, 2.75) is 33.4 Å². The van der Waals surface area contributed by atoms with Gasteiger partial charge in [-0.05, 0) is 29.7 Å². The summed E-state index contributed by atoms with van der Waals surface area (Å²) in [5, 5.41) is 4.83. The number of ketones is 1. The zero-order valence-electron chi connectivity index (χ0n) is 18.0. The van der Waals surface area contributed by atoms with Crippen LogP contribution < -0.4 is 10.6 Å². The van der Waals surface area contributed by atoms with Gasteiger partial charge in [0, 0.05) is 12.6 Å². The van der Waals surface area contributed by atoms with Gasteiger partial charge in [-0.15, -0.1) is 0 Å². The van der Waals surface area contributed by atoms with E-state index < -0.39 is 36.3 Å². The van der Waals surface area contributed by atoms with Crippen molar-refractivity contribution >= 4 is 29.4 Å². The fourth-order valence-electron chi connectivity index (χ4n) is 2.72. The molecule has 2 N–H and O–H groups in total. The second-order valence-electron chi connectivity index (χ2n) is 7.33. The number of hydrogen-bond donors (Lipinski definition) is 2. The van der Waals surface area contributed by atoms with Gasteiger partial charge in [0.05, 0.1) is 5.56 Å². The van der Waals surface area contributed by atoms with Crippen molar-refractivity contribution in [2.75, 3.05) is 11.9 Å². The maximum atomic E-state index is 14.2. The number of benzene rings is 2. The molecule has 2 amide bonds. The molecule has 9 heteroatoms. The van der Waals surface area contributed by atoms with Gasteiger partial charge >= 0.3 is 12.1 Å². The molecule has 0 radical (unpaired) electrons. The molecule has 2 aromatic carbocycles. The molecule has 8 nitrogen and oxygen atoms in total. The Bertz CT molecular complexity index is 978. The lowest BCUT2D eigenvalue weighted by atomic mass is 10.1. The highest BCUT2D eigenvalue weighted by atomic mass is 19.1. The molecule has 170 valence electrons. The third-order valence-electron chi connectivity index (χ3n) is 4.34. The Morgan fingerprint density at radius 2 is 1.69 bits per heavy atom. The van der Waals surface area contributed by atoms with Crippen molar-refractivity contribution in [1.82, 2.24) is 5.32 Å². The summed E-state index contributed by atoms with van der Waals surface area (Å²) in [6.07, 6.45) is -0.810. The fourth-order valence-corrected chi connectivity index (χ4v) is 2.72. The number of halogens is 1. The molecule has 2 aromatic rings. The van der Waals surface area contributed by atoms with E-state index >= 15 is 0 Å². The summed E-state index contributed by atoms with van der Waals surface area (Å²) < 4.78 is 24.3. The molecule has 0 bridgehead atoms. The first-order valence-electron chi connectivity index (χ1n) is 9.91. The van der Waals surface area contributed by atoms with Gasteiger partial charge in [-0.25, -0.2) is 14.0 Å². The average Bonchev–Trinajstić information content (AvgIpc) is 2.74. The number of hydrogen-bond acceptors (Lipinski definition) is 6. The monoisotopic (exact) mass is 444 g/mol. The Morgan fingerprint density at radius 3 is 2.28 bits per heavy atom. The minimum Gasteiger partial charge on any atom is -0.456 e. The van der Waals surface area contributed by atoms with Crippen LogP contribution in [-0.2, 0) is 25.7 Å². The zero-order chi connectivity index (χ0) is 23.7. The number of amides is 2. The first kappa shape index (κ1) is 24.5. The Balaban J connectivity index is 1.91. The van der Waals surface area contributed by atoms with Gasteiger partial charge < -0.3 is 20.1 Å². The molecule has 32 heavy (non-hydrogen) atoms. The Kier molecular flexibility index (Phi) is 8.88. The van der Waals surface area contributed by atoms with Gasteiger partial charge in [-0.1, -0.05) is 44.2 Å². The number of ether oxygens (including phenoxy) is 2. The minimum atomic E-state index is -1.06. The summed E-state index contributed by atoms with van der Waals surface area (Å²) in [5.74, 6) is -3.21. The second-order valence-corrected chi connectivity index (χ2v) is 7.33.